The summed E-state index contributed by atoms with van der Waals surface area (Å²) < 4.78 is 31.3. The van der Waals surface area contributed by atoms with Gasteiger partial charge in [0.05, 0.1) is 17.9 Å². The van der Waals surface area contributed by atoms with Gasteiger partial charge in [0.1, 0.15) is 0 Å². The van der Waals surface area contributed by atoms with E-state index in [-0.39, 0.29) is 17.9 Å². The number of rotatable bonds is 5. The summed E-state index contributed by atoms with van der Waals surface area (Å²) in [5, 5.41) is 3.11. The van der Waals surface area contributed by atoms with Crippen LogP contribution >= 0.6 is 0 Å². The molecule has 1 unspecified atom stereocenters. The van der Waals surface area contributed by atoms with Crippen molar-refractivity contribution < 1.29 is 13.2 Å². The number of methoxy groups -OCH3 is 1. The van der Waals surface area contributed by atoms with Crippen molar-refractivity contribution in [3.05, 3.63) is 0 Å². The zero-order valence-electron chi connectivity index (χ0n) is 8.90. The maximum atomic E-state index is 11.7. The Kier molecular flexibility index (Phi) is 3.30. The van der Waals surface area contributed by atoms with Crippen molar-refractivity contribution in [1.82, 2.24) is 10.0 Å². The molecule has 0 spiro atoms. The molecule has 1 saturated carbocycles. The molecular formula is C9H18N2O3S. The van der Waals surface area contributed by atoms with Gasteiger partial charge in [0.15, 0.2) is 0 Å². The lowest BCUT2D eigenvalue weighted by molar-refractivity contribution is 0.103. The summed E-state index contributed by atoms with van der Waals surface area (Å²) in [5.74, 6) is 0.665. The van der Waals surface area contributed by atoms with Gasteiger partial charge >= 0.3 is 0 Å². The molecule has 1 saturated heterocycles. The molecule has 0 aromatic heterocycles. The molecule has 0 bridgehead atoms. The maximum Gasteiger partial charge on any atom is 0.212 e. The maximum absolute atomic E-state index is 11.7. The lowest BCUT2D eigenvalue weighted by Crippen LogP contribution is -2.44. The predicted octanol–water partition coefficient (Wildman–Crippen LogP) is -0.697. The molecule has 5 nitrogen and oxygen atoms in total. The summed E-state index contributed by atoms with van der Waals surface area (Å²) in [5.41, 5.74) is 0. The Morgan fingerprint density at radius 2 is 2.13 bits per heavy atom. The van der Waals surface area contributed by atoms with E-state index in [1.165, 1.54) is 0 Å². The van der Waals surface area contributed by atoms with Gasteiger partial charge in [-0.05, 0) is 18.8 Å². The first-order valence-electron chi connectivity index (χ1n) is 5.34. The topological polar surface area (TPSA) is 67.4 Å². The molecule has 88 valence electrons. The molecule has 1 heterocycles. The molecule has 1 aliphatic heterocycles. The third-order valence-electron chi connectivity index (χ3n) is 2.94. The number of sulfonamides is 1. The second-order valence-electron chi connectivity index (χ2n) is 4.38. The van der Waals surface area contributed by atoms with Crippen molar-refractivity contribution in [1.29, 1.82) is 0 Å². The van der Waals surface area contributed by atoms with Gasteiger partial charge in [0, 0.05) is 20.2 Å². The van der Waals surface area contributed by atoms with Crippen molar-refractivity contribution in [2.24, 2.45) is 5.92 Å². The minimum absolute atomic E-state index is 0.0426. The monoisotopic (exact) mass is 234 g/mol. The Labute approximate surface area is 90.6 Å². The van der Waals surface area contributed by atoms with Crippen molar-refractivity contribution >= 4 is 10.0 Å². The van der Waals surface area contributed by atoms with E-state index in [0.717, 1.165) is 12.8 Å². The summed E-state index contributed by atoms with van der Waals surface area (Å²) in [6, 6.07) is -0.112. The fourth-order valence-electron chi connectivity index (χ4n) is 1.89. The van der Waals surface area contributed by atoms with E-state index >= 15 is 0 Å². The second kappa shape index (κ2) is 4.37. The Balaban J connectivity index is 1.88. The molecule has 0 amide bonds. The van der Waals surface area contributed by atoms with Crippen LogP contribution in [-0.4, -0.2) is 46.5 Å². The van der Waals surface area contributed by atoms with Crippen molar-refractivity contribution in [3.63, 3.8) is 0 Å². The molecule has 0 aromatic rings. The summed E-state index contributed by atoms with van der Waals surface area (Å²) in [4.78, 5) is 0. The van der Waals surface area contributed by atoms with Crippen molar-refractivity contribution in [3.8, 4) is 0 Å². The first-order valence-corrected chi connectivity index (χ1v) is 6.99. The zero-order valence-corrected chi connectivity index (χ0v) is 9.72. The van der Waals surface area contributed by atoms with Gasteiger partial charge in [-0.25, -0.2) is 13.1 Å². The molecule has 0 radical (unpaired) electrons. The van der Waals surface area contributed by atoms with Crippen LogP contribution in [0.4, 0.5) is 0 Å². The van der Waals surface area contributed by atoms with Gasteiger partial charge in [-0.1, -0.05) is 0 Å². The second-order valence-corrected chi connectivity index (χ2v) is 6.18. The summed E-state index contributed by atoms with van der Waals surface area (Å²) in [6.07, 6.45) is 2.06. The molecule has 0 aromatic carbocycles. The Morgan fingerprint density at radius 1 is 1.40 bits per heavy atom. The van der Waals surface area contributed by atoms with E-state index in [1.54, 1.807) is 7.11 Å². The van der Waals surface area contributed by atoms with Crippen molar-refractivity contribution in [2.45, 2.75) is 25.0 Å². The average Bonchev–Trinajstić information content (AvgIpc) is 2.82. The quantitative estimate of drug-likeness (QED) is 0.660. The van der Waals surface area contributed by atoms with Crippen LogP contribution in [0.3, 0.4) is 0 Å². The standard InChI is InChI=1S/C9H18N2O3S/c1-14-9-5-10-4-8(9)11-15(12,13)6-7-2-3-7/h7-11H,2-6H2,1H3/t8?,9-/m0/s1. The molecule has 2 aliphatic rings. The molecule has 2 fully saturated rings. The zero-order chi connectivity index (χ0) is 10.9. The molecule has 1 aliphatic carbocycles. The van der Waals surface area contributed by atoms with E-state index in [4.69, 9.17) is 4.74 Å². The van der Waals surface area contributed by atoms with Gasteiger partial charge in [0.2, 0.25) is 10.0 Å². The Hall–Kier alpha value is -0.170. The van der Waals surface area contributed by atoms with Crippen LogP contribution in [0, 0.1) is 5.92 Å². The highest BCUT2D eigenvalue weighted by Gasteiger charge is 2.33. The summed E-state index contributed by atoms with van der Waals surface area (Å²) in [6.45, 7) is 1.37. The van der Waals surface area contributed by atoms with Crippen LogP contribution in [0.1, 0.15) is 12.8 Å². The third kappa shape index (κ3) is 3.14. The highest BCUT2D eigenvalue weighted by molar-refractivity contribution is 7.89. The van der Waals surface area contributed by atoms with Gasteiger partial charge in [-0.3, -0.25) is 0 Å². The Morgan fingerprint density at radius 3 is 2.73 bits per heavy atom. The summed E-state index contributed by atoms with van der Waals surface area (Å²) >= 11 is 0. The normalized spacial score (nSPS) is 32.1. The first-order chi connectivity index (χ1) is 7.11. The van der Waals surface area contributed by atoms with Gasteiger partial charge < -0.3 is 10.1 Å². The lowest BCUT2D eigenvalue weighted by atomic mass is 10.2. The van der Waals surface area contributed by atoms with Crippen LogP contribution in [0.15, 0.2) is 0 Å². The molecule has 15 heavy (non-hydrogen) atoms. The van der Waals surface area contributed by atoms with E-state index in [2.05, 4.69) is 10.0 Å². The number of hydrogen-bond donors (Lipinski definition) is 2. The smallest absolute Gasteiger partial charge is 0.212 e. The van der Waals surface area contributed by atoms with E-state index < -0.39 is 10.0 Å². The van der Waals surface area contributed by atoms with Gasteiger partial charge in [-0.15, -0.1) is 0 Å². The van der Waals surface area contributed by atoms with Gasteiger partial charge in [0.25, 0.3) is 0 Å². The number of ether oxygens (including phenoxy) is 1. The van der Waals surface area contributed by atoms with Crippen LogP contribution in [-0.2, 0) is 14.8 Å². The number of hydrogen-bond acceptors (Lipinski definition) is 4. The van der Waals surface area contributed by atoms with Crippen LogP contribution in [0.25, 0.3) is 0 Å². The SMILES string of the molecule is CO[C@H]1CNCC1NS(=O)(=O)CC1CC1. The minimum atomic E-state index is -3.11. The lowest BCUT2D eigenvalue weighted by Gasteiger charge is -2.18. The van der Waals surface area contributed by atoms with Crippen molar-refractivity contribution in [2.75, 3.05) is 26.0 Å². The minimum Gasteiger partial charge on any atom is -0.378 e. The average molecular weight is 234 g/mol. The molecule has 2 rings (SSSR count). The molecule has 2 N–H and O–H groups in total. The molecule has 2 atom stereocenters. The fourth-order valence-corrected chi connectivity index (χ4v) is 3.64. The highest BCUT2D eigenvalue weighted by atomic mass is 32.2. The molecular weight excluding hydrogens is 216 g/mol. The van der Waals surface area contributed by atoms with Crippen LogP contribution < -0.4 is 10.0 Å². The number of nitrogens with one attached hydrogen (secondary N) is 2. The summed E-state index contributed by atoms with van der Waals surface area (Å²) in [7, 11) is -1.50. The first kappa shape index (κ1) is 11.3. The van der Waals surface area contributed by atoms with E-state index in [1.807, 2.05) is 0 Å². The molecule has 6 heteroatoms. The van der Waals surface area contributed by atoms with Crippen LogP contribution in [0.5, 0.6) is 0 Å². The van der Waals surface area contributed by atoms with Crippen LogP contribution in [0.2, 0.25) is 0 Å². The highest BCUT2D eigenvalue weighted by Crippen LogP contribution is 2.30. The third-order valence-corrected chi connectivity index (χ3v) is 4.52. The van der Waals surface area contributed by atoms with Gasteiger partial charge in [-0.2, -0.15) is 0 Å². The fraction of sp³-hybridized carbons (Fsp3) is 1.00. The predicted molar refractivity (Wildman–Crippen MR) is 57.1 cm³/mol. The van der Waals surface area contributed by atoms with E-state index in [9.17, 15) is 8.42 Å². The largest absolute Gasteiger partial charge is 0.378 e. The van der Waals surface area contributed by atoms with E-state index in [0.29, 0.717) is 19.0 Å². The Bertz CT molecular complexity index is 313.